The predicted octanol–water partition coefficient (Wildman–Crippen LogP) is 1.95. The summed E-state index contributed by atoms with van der Waals surface area (Å²) in [4.78, 5) is 15.6. The van der Waals surface area contributed by atoms with Gasteiger partial charge in [0, 0.05) is 31.1 Å². The van der Waals surface area contributed by atoms with E-state index >= 15 is 0 Å². The van der Waals surface area contributed by atoms with Crippen LogP contribution >= 0.6 is 11.8 Å². The zero-order valence-corrected chi connectivity index (χ0v) is 12.8. The quantitative estimate of drug-likeness (QED) is 0.402. The molecule has 0 aliphatic rings. The van der Waals surface area contributed by atoms with Gasteiger partial charge in [0.1, 0.15) is 12.7 Å². The van der Waals surface area contributed by atoms with Gasteiger partial charge in [-0.25, -0.2) is 9.66 Å². The molecular weight excluding hydrogens is 318 g/mol. The van der Waals surface area contributed by atoms with Crippen molar-refractivity contribution in [3.63, 3.8) is 0 Å². The number of aromatic nitrogens is 5. The van der Waals surface area contributed by atoms with E-state index in [0.717, 1.165) is 0 Å². The van der Waals surface area contributed by atoms with Crippen molar-refractivity contribution in [1.29, 1.82) is 0 Å². The maximum Gasteiger partial charge on any atom is 0.283 e. The molecule has 0 saturated heterocycles. The van der Waals surface area contributed by atoms with E-state index in [-0.39, 0.29) is 5.69 Å². The summed E-state index contributed by atoms with van der Waals surface area (Å²) in [5.74, 6) is 0. The molecule has 2 heterocycles. The Morgan fingerprint density at radius 1 is 1.35 bits per heavy atom. The molecule has 10 heteroatoms. The summed E-state index contributed by atoms with van der Waals surface area (Å²) in [5, 5.41) is 23.3. The standard InChI is InChI=1S/C13H11N7O2S/c1-18-5-4-14-13(18)23-12-3-2-10(6-11(12)20(21)22)7-17-19-8-15-16-9-19/h2-9H,1H3/b17-7+. The van der Waals surface area contributed by atoms with Gasteiger partial charge in [0.2, 0.25) is 0 Å². The molecule has 0 fully saturated rings. The Kier molecular flexibility index (Phi) is 4.15. The summed E-state index contributed by atoms with van der Waals surface area (Å²) in [6.45, 7) is 0. The van der Waals surface area contributed by atoms with Gasteiger partial charge in [0.15, 0.2) is 5.16 Å². The van der Waals surface area contributed by atoms with E-state index in [1.807, 2.05) is 7.05 Å². The summed E-state index contributed by atoms with van der Waals surface area (Å²) < 4.78 is 3.21. The second kappa shape index (κ2) is 6.40. The van der Waals surface area contributed by atoms with E-state index in [1.54, 1.807) is 29.1 Å². The van der Waals surface area contributed by atoms with E-state index in [9.17, 15) is 10.1 Å². The highest BCUT2D eigenvalue weighted by Crippen LogP contribution is 2.34. The largest absolute Gasteiger partial charge is 0.329 e. The number of aryl methyl sites for hydroxylation is 1. The van der Waals surface area contributed by atoms with Gasteiger partial charge in [-0.3, -0.25) is 10.1 Å². The van der Waals surface area contributed by atoms with E-state index in [2.05, 4.69) is 20.3 Å². The Bertz CT molecular complexity index is 857. The Morgan fingerprint density at radius 2 is 2.13 bits per heavy atom. The molecule has 0 saturated carbocycles. The second-order valence-corrected chi connectivity index (χ2v) is 5.50. The van der Waals surface area contributed by atoms with Crippen LogP contribution in [0.3, 0.4) is 0 Å². The number of nitro benzene ring substituents is 1. The molecule has 0 bridgehead atoms. The van der Waals surface area contributed by atoms with Gasteiger partial charge in [-0.05, 0) is 17.8 Å². The lowest BCUT2D eigenvalue weighted by molar-refractivity contribution is -0.387. The first-order chi connectivity index (χ1) is 11.1. The maximum atomic E-state index is 11.3. The first-order valence-corrected chi connectivity index (χ1v) is 7.28. The van der Waals surface area contributed by atoms with Crippen molar-refractivity contribution in [2.24, 2.45) is 12.1 Å². The summed E-state index contributed by atoms with van der Waals surface area (Å²) in [6.07, 6.45) is 7.79. The van der Waals surface area contributed by atoms with Crippen LogP contribution in [0, 0.1) is 10.1 Å². The third-order valence-electron chi connectivity index (χ3n) is 2.90. The molecule has 2 aromatic heterocycles. The van der Waals surface area contributed by atoms with E-state index in [0.29, 0.717) is 15.6 Å². The third kappa shape index (κ3) is 3.43. The van der Waals surface area contributed by atoms with Crippen LogP contribution in [0.1, 0.15) is 5.56 Å². The lowest BCUT2D eigenvalue weighted by Crippen LogP contribution is -1.95. The van der Waals surface area contributed by atoms with Gasteiger partial charge in [-0.2, -0.15) is 5.10 Å². The van der Waals surface area contributed by atoms with E-state index < -0.39 is 4.92 Å². The predicted molar refractivity (Wildman–Crippen MR) is 83.4 cm³/mol. The van der Waals surface area contributed by atoms with Gasteiger partial charge in [-0.15, -0.1) is 10.2 Å². The Morgan fingerprint density at radius 3 is 2.78 bits per heavy atom. The monoisotopic (exact) mass is 329 g/mol. The molecule has 0 unspecified atom stereocenters. The van der Waals surface area contributed by atoms with Crippen LogP contribution in [0.5, 0.6) is 0 Å². The molecule has 0 spiro atoms. The van der Waals surface area contributed by atoms with Crippen LogP contribution < -0.4 is 0 Å². The first-order valence-electron chi connectivity index (χ1n) is 6.46. The van der Waals surface area contributed by atoms with Gasteiger partial charge >= 0.3 is 0 Å². The van der Waals surface area contributed by atoms with Crippen molar-refractivity contribution in [1.82, 2.24) is 24.4 Å². The normalized spacial score (nSPS) is 11.2. The molecule has 0 atom stereocenters. The molecule has 1 aromatic carbocycles. The summed E-state index contributed by atoms with van der Waals surface area (Å²) in [7, 11) is 1.83. The zero-order chi connectivity index (χ0) is 16.2. The molecule has 0 radical (unpaired) electrons. The smallest absolute Gasteiger partial charge is 0.283 e. The average molecular weight is 329 g/mol. The highest BCUT2D eigenvalue weighted by molar-refractivity contribution is 7.99. The fourth-order valence-corrected chi connectivity index (χ4v) is 2.67. The zero-order valence-electron chi connectivity index (χ0n) is 12.0. The molecule has 9 nitrogen and oxygen atoms in total. The average Bonchev–Trinajstić information content (AvgIpc) is 3.18. The van der Waals surface area contributed by atoms with Gasteiger partial charge in [0.25, 0.3) is 5.69 Å². The van der Waals surface area contributed by atoms with E-state index in [4.69, 9.17) is 0 Å². The molecular formula is C13H11N7O2S. The lowest BCUT2D eigenvalue weighted by Gasteiger charge is -2.04. The maximum absolute atomic E-state index is 11.3. The molecule has 0 aliphatic carbocycles. The van der Waals surface area contributed by atoms with Crippen molar-refractivity contribution < 1.29 is 4.92 Å². The molecule has 0 aliphatic heterocycles. The number of nitrogens with zero attached hydrogens (tertiary/aromatic N) is 7. The Labute approximate surface area is 134 Å². The van der Waals surface area contributed by atoms with Crippen LogP contribution in [0.2, 0.25) is 0 Å². The number of rotatable bonds is 5. The SMILES string of the molecule is Cn1ccnc1Sc1ccc(/C=N/n2cnnc2)cc1[N+](=O)[O-]. The second-order valence-electron chi connectivity index (χ2n) is 4.49. The van der Waals surface area contributed by atoms with Crippen molar-refractivity contribution in [2.75, 3.05) is 0 Å². The molecule has 3 aromatic rings. The van der Waals surface area contributed by atoms with Crippen LogP contribution in [0.15, 0.2) is 58.4 Å². The summed E-state index contributed by atoms with van der Waals surface area (Å²) in [5.41, 5.74) is 0.611. The van der Waals surface area contributed by atoms with Crippen LogP contribution in [-0.4, -0.2) is 35.6 Å². The Balaban J connectivity index is 1.89. The Hall–Kier alpha value is -3.01. The number of nitro groups is 1. The van der Waals surface area contributed by atoms with Crippen molar-refractivity contribution in [3.8, 4) is 0 Å². The lowest BCUT2D eigenvalue weighted by atomic mass is 10.2. The van der Waals surface area contributed by atoms with Crippen molar-refractivity contribution in [3.05, 3.63) is 58.9 Å². The van der Waals surface area contributed by atoms with Gasteiger partial charge in [-0.1, -0.05) is 6.07 Å². The number of hydrogen-bond acceptors (Lipinski definition) is 7. The molecule has 3 rings (SSSR count). The van der Waals surface area contributed by atoms with Crippen LogP contribution in [-0.2, 0) is 7.05 Å². The first kappa shape index (κ1) is 14.9. The minimum Gasteiger partial charge on any atom is -0.329 e. The molecule has 23 heavy (non-hydrogen) atoms. The van der Waals surface area contributed by atoms with Gasteiger partial charge in [0.05, 0.1) is 16.0 Å². The van der Waals surface area contributed by atoms with Crippen LogP contribution in [0.25, 0.3) is 0 Å². The summed E-state index contributed by atoms with van der Waals surface area (Å²) >= 11 is 1.24. The third-order valence-corrected chi connectivity index (χ3v) is 4.05. The van der Waals surface area contributed by atoms with Crippen LogP contribution in [0.4, 0.5) is 5.69 Å². The van der Waals surface area contributed by atoms with Crippen molar-refractivity contribution in [2.45, 2.75) is 10.1 Å². The number of imidazole rings is 1. The molecule has 0 amide bonds. The number of hydrogen-bond donors (Lipinski definition) is 0. The van der Waals surface area contributed by atoms with E-state index in [1.165, 1.54) is 41.4 Å². The highest BCUT2D eigenvalue weighted by atomic mass is 32.2. The van der Waals surface area contributed by atoms with Gasteiger partial charge < -0.3 is 4.57 Å². The number of benzene rings is 1. The highest BCUT2D eigenvalue weighted by Gasteiger charge is 2.17. The molecule has 0 N–H and O–H groups in total. The fraction of sp³-hybridized carbons (Fsp3) is 0.0769. The van der Waals surface area contributed by atoms with Crippen molar-refractivity contribution >= 4 is 23.7 Å². The minimum absolute atomic E-state index is 0.00528. The minimum atomic E-state index is -0.415. The fourth-order valence-electron chi connectivity index (χ4n) is 1.78. The summed E-state index contributed by atoms with van der Waals surface area (Å²) in [6, 6.07) is 4.91. The molecule has 116 valence electrons. The topological polar surface area (TPSA) is 104 Å².